The van der Waals surface area contributed by atoms with Crippen molar-refractivity contribution in [2.75, 3.05) is 6.54 Å². The molecule has 0 bridgehead atoms. The molecular formula is C10H19NO2. The molecule has 2 atom stereocenters. The van der Waals surface area contributed by atoms with Gasteiger partial charge in [-0.3, -0.25) is 4.79 Å². The number of carboxylic acids is 1. The van der Waals surface area contributed by atoms with Gasteiger partial charge in [-0.2, -0.15) is 0 Å². The molecule has 3 nitrogen and oxygen atoms in total. The Labute approximate surface area is 79.5 Å². The first-order chi connectivity index (χ1) is 6.08. The predicted molar refractivity (Wildman–Crippen MR) is 51.7 cm³/mol. The van der Waals surface area contributed by atoms with Crippen LogP contribution in [0.25, 0.3) is 0 Å². The van der Waals surface area contributed by atoms with E-state index in [4.69, 9.17) is 5.11 Å². The molecule has 1 aliphatic heterocycles. The zero-order chi connectivity index (χ0) is 9.90. The van der Waals surface area contributed by atoms with Gasteiger partial charge in [-0.15, -0.1) is 0 Å². The molecular weight excluding hydrogens is 166 g/mol. The summed E-state index contributed by atoms with van der Waals surface area (Å²) in [5.41, 5.74) is -0.682. The van der Waals surface area contributed by atoms with Gasteiger partial charge in [0.2, 0.25) is 0 Å². The summed E-state index contributed by atoms with van der Waals surface area (Å²) in [6.45, 7) is 4.78. The quantitative estimate of drug-likeness (QED) is 0.702. The highest BCUT2D eigenvalue weighted by Gasteiger charge is 2.37. The van der Waals surface area contributed by atoms with Gasteiger partial charge in [0.15, 0.2) is 0 Å². The monoisotopic (exact) mass is 185 g/mol. The molecule has 2 N–H and O–H groups in total. The smallest absolute Gasteiger partial charge is 0.323 e. The molecule has 0 aromatic heterocycles. The first-order valence-electron chi connectivity index (χ1n) is 5.07. The molecule has 0 aromatic rings. The lowest BCUT2D eigenvalue weighted by molar-refractivity contribution is -0.145. The topological polar surface area (TPSA) is 49.3 Å². The van der Waals surface area contributed by atoms with Gasteiger partial charge >= 0.3 is 5.97 Å². The van der Waals surface area contributed by atoms with E-state index in [9.17, 15) is 4.79 Å². The molecule has 3 heteroatoms. The maximum atomic E-state index is 11.0. The highest BCUT2D eigenvalue weighted by Crippen LogP contribution is 2.27. The minimum Gasteiger partial charge on any atom is -0.480 e. The lowest BCUT2D eigenvalue weighted by atomic mass is 9.81. The number of hydrogen-bond acceptors (Lipinski definition) is 2. The van der Waals surface area contributed by atoms with Crippen LogP contribution in [0.3, 0.4) is 0 Å². The summed E-state index contributed by atoms with van der Waals surface area (Å²) in [6.07, 6.45) is 4.21. The van der Waals surface area contributed by atoms with Crippen molar-refractivity contribution < 1.29 is 9.90 Å². The fraction of sp³-hybridized carbons (Fsp3) is 0.900. The highest BCUT2D eigenvalue weighted by atomic mass is 16.4. The summed E-state index contributed by atoms with van der Waals surface area (Å²) in [7, 11) is 0. The number of nitrogens with one attached hydrogen (secondary N) is 1. The van der Waals surface area contributed by atoms with Crippen LogP contribution in [-0.4, -0.2) is 23.2 Å². The normalized spacial score (nSPS) is 34.5. The zero-order valence-electron chi connectivity index (χ0n) is 8.47. The van der Waals surface area contributed by atoms with Crippen LogP contribution in [0.5, 0.6) is 0 Å². The first kappa shape index (κ1) is 10.5. The summed E-state index contributed by atoms with van der Waals surface area (Å²) < 4.78 is 0. The second-order valence-corrected chi connectivity index (χ2v) is 4.21. The van der Waals surface area contributed by atoms with Crippen molar-refractivity contribution in [2.45, 2.75) is 45.1 Å². The number of piperidine rings is 1. The molecule has 76 valence electrons. The van der Waals surface area contributed by atoms with Crippen molar-refractivity contribution >= 4 is 5.97 Å². The van der Waals surface area contributed by atoms with Gasteiger partial charge in [0.25, 0.3) is 0 Å². The largest absolute Gasteiger partial charge is 0.480 e. The van der Waals surface area contributed by atoms with E-state index in [1.54, 1.807) is 6.92 Å². The molecule has 0 saturated carbocycles. The first-order valence-corrected chi connectivity index (χ1v) is 5.07. The Morgan fingerprint density at radius 1 is 1.69 bits per heavy atom. The molecule has 0 spiro atoms. The van der Waals surface area contributed by atoms with Crippen molar-refractivity contribution in [1.29, 1.82) is 0 Å². The van der Waals surface area contributed by atoms with Crippen LogP contribution in [-0.2, 0) is 4.79 Å². The Morgan fingerprint density at radius 2 is 2.38 bits per heavy atom. The number of carboxylic acid groups (broad SMARTS) is 1. The van der Waals surface area contributed by atoms with Gasteiger partial charge in [0.1, 0.15) is 5.54 Å². The lowest BCUT2D eigenvalue weighted by Gasteiger charge is -2.35. The van der Waals surface area contributed by atoms with Crippen LogP contribution < -0.4 is 5.32 Å². The average Bonchev–Trinajstić information content (AvgIpc) is 2.04. The van der Waals surface area contributed by atoms with Crippen LogP contribution in [0, 0.1) is 5.92 Å². The van der Waals surface area contributed by atoms with Crippen molar-refractivity contribution in [3.05, 3.63) is 0 Å². The maximum Gasteiger partial charge on any atom is 0.323 e. The molecule has 1 fully saturated rings. The third kappa shape index (κ3) is 2.44. The summed E-state index contributed by atoms with van der Waals surface area (Å²) in [6, 6.07) is 0. The van der Waals surface area contributed by atoms with Crippen LogP contribution >= 0.6 is 0 Å². The van der Waals surface area contributed by atoms with E-state index in [0.29, 0.717) is 5.92 Å². The van der Waals surface area contributed by atoms with Gasteiger partial charge in [-0.05, 0) is 32.2 Å². The van der Waals surface area contributed by atoms with Crippen LogP contribution in [0.15, 0.2) is 0 Å². The number of carbonyl (C=O) groups is 1. The molecule has 0 aliphatic carbocycles. The number of hydrogen-bond donors (Lipinski definition) is 2. The maximum absolute atomic E-state index is 11.0. The Morgan fingerprint density at radius 3 is 2.92 bits per heavy atom. The fourth-order valence-electron chi connectivity index (χ4n) is 2.12. The molecule has 1 saturated heterocycles. The van der Waals surface area contributed by atoms with Gasteiger partial charge in [0.05, 0.1) is 0 Å². The summed E-state index contributed by atoms with van der Waals surface area (Å²) in [5.74, 6) is -0.124. The third-order valence-electron chi connectivity index (χ3n) is 2.93. The van der Waals surface area contributed by atoms with Gasteiger partial charge in [0, 0.05) is 0 Å². The third-order valence-corrected chi connectivity index (χ3v) is 2.93. The Kier molecular flexibility index (Phi) is 3.31. The van der Waals surface area contributed by atoms with Crippen LogP contribution in [0.4, 0.5) is 0 Å². The molecule has 0 amide bonds. The zero-order valence-corrected chi connectivity index (χ0v) is 8.47. The molecule has 13 heavy (non-hydrogen) atoms. The fourth-order valence-corrected chi connectivity index (χ4v) is 2.12. The standard InChI is InChI=1S/C10H19NO2/c1-3-4-8-5-6-11-10(2,7-8)9(12)13/h8,11H,3-7H2,1-2H3,(H,12,13). The summed E-state index contributed by atoms with van der Waals surface area (Å²) in [4.78, 5) is 11.0. The molecule has 1 aliphatic rings. The second-order valence-electron chi connectivity index (χ2n) is 4.21. The molecule has 0 radical (unpaired) electrons. The minimum absolute atomic E-state index is 0.590. The molecule has 1 rings (SSSR count). The van der Waals surface area contributed by atoms with E-state index >= 15 is 0 Å². The Balaban J connectivity index is 2.54. The average molecular weight is 185 g/mol. The van der Waals surface area contributed by atoms with E-state index in [0.717, 1.165) is 32.2 Å². The van der Waals surface area contributed by atoms with E-state index in [1.807, 2.05) is 0 Å². The highest BCUT2D eigenvalue weighted by molar-refractivity contribution is 5.78. The second kappa shape index (κ2) is 4.09. The van der Waals surface area contributed by atoms with Crippen molar-refractivity contribution in [1.82, 2.24) is 5.32 Å². The van der Waals surface area contributed by atoms with E-state index in [2.05, 4.69) is 12.2 Å². The van der Waals surface area contributed by atoms with Gasteiger partial charge in [-0.1, -0.05) is 19.8 Å². The van der Waals surface area contributed by atoms with Crippen LogP contribution in [0.2, 0.25) is 0 Å². The van der Waals surface area contributed by atoms with E-state index < -0.39 is 11.5 Å². The Bertz CT molecular complexity index is 191. The molecule has 1 heterocycles. The summed E-state index contributed by atoms with van der Waals surface area (Å²) >= 11 is 0. The van der Waals surface area contributed by atoms with Gasteiger partial charge < -0.3 is 10.4 Å². The molecule has 2 unspecified atom stereocenters. The number of rotatable bonds is 3. The Hall–Kier alpha value is -0.570. The minimum atomic E-state index is -0.715. The van der Waals surface area contributed by atoms with E-state index in [-0.39, 0.29) is 0 Å². The number of aliphatic carboxylic acids is 1. The van der Waals surface area contributed by atoms with Crippen molar-refractivity contribution in [2.24, 2.45) is 5.92 Å². The lowest BCUT2D eigenvalue weighted by Crippen LogP contribution is -2.54. The van der Waals surface area contributed by atoms with Gasteiger partial charge in [-0.25, -0.2) is 0 Å². The van der Waals surface area contributed by atoms with Crippen molar-refractivity contribution in [3.63, 3.8) is 0 Å². The predicted octanol–water partition coefficient (Wildman–Crippen LogP) is 1.63. The summed E-state index contributed by atoms with van der Waals surface area (Å²) in [5, 5.41) is 12.1. The van der Waals surface area contributed by atoms with Crippen LogP contribution in [0.1, 0.15) is 39.5 Å². The SMILES string of the molecule is CCCC1CCNC(C)(C(=O)O)C1. The molecule has 0 aromatic carbocycles. The van der Waals surface area contributed by atoms with Crippen molar-refractivity contribution in [3.8, 4) is 0 Å². The van der Waals surface area contributed by atoms with E-state index in [1.165, 1.54) is 0 Å².